The van der Waals surface area contributed by atoms with Gasteiger partial charge in [-0.1, -0.05) is 13.3 Å². The first-order valence-corrected chi connectivity index (χ1v) is 5.20. The molecule has 1 saturated heterocycles. The summed E-state index contributed by atoms with van der Waals surface area (Å²) in [4.78, 5) is 0. The number of hydrogen-bond acceptors (Lipinski definition) is 3. The van der Waals surface area contributed by atoms with E-state index in [2.05, 4.69) is 12.2 Å². The van der Waals surface area contributed by atoms with E-state index in [1.165, 1.54) is 0 Å². The summed E-state index contributed by atoms with van der Waals surface area (Å²) >= 11 is 0. The molecule has 78 valence electrons. The van der Waals surface area contributed by atoms with Gasteiger partial charge in [-0.2, -0.15) is 0 Å². The van der Waals surface area contributed by atoms with Gasteiger partial charge >= 0.3 is 0 Å². The molecular formula is C10H21NO2. The second-order valence-electron chi connectivity index (χ2n) is 4.04. The molecule has 0 aromatic rings. The zero-order valence-corrected chi connectivity index (χ0v) is 8.68. The summed E-state index contributed by atoms with van der Waals surface area (Å²) in [7, 11) is 0. The lowest BCUT2D eigenvalue weighted by Crippen LogP contribution is -2.43. The van der Waals surface area contributed by atoms with Crippen LogP contribution in [0.15, 0.2) is 0 Å². The van der Waals surface area contributed by atoms with Crippen molar-refractivity contribution in [1.29, 1.82) is 0 Å². The fraction of sp³-hybridized carbons (Fsp3) is 1.00. The van der Waals surface area contributed by atoms with Crippen molar-refractivity contribution in [3.05, 3.63) is 0 Å². The lowest BCUT2D eigenvalue weighted by atomic mass is 9.98. The third kappa shape index (κ3) is 3.25. The Bertz CT molecular complexity index is 148. The minimum atomic E-state index is -0.577. The highest BCUT2D eigenvalue weighted by Gasteiger charge is 2.36. The second-order valence-corrected chi connectivity index (χ2v) is 4.04. The molecule has 3 heteroatoms. The Morgan fingerprint density at radius 2 is 2.38 bits per heavy atom. The van der Waals surface area contributed by atoms with Crippen molar-refractivity contribution in [2.75, 3.05) is 19.8 Å². The highest BCUT2D eigenvalue weighted by molar-refractivity contribution is 4.94. The SMILES string of the molecule is CCCCOCC1NCC[C@]1(C)O. The molecule has 0 aromatic carbocycles. The summed E-state index contributed by atoms with van der Waals surface area (Å²) in [5.74, 6) is 0. The average molecular weight is 187 g/mol. The normalized spacial score (nSPS) is 33.9. The van der Waals surface area contributed by atoms with E-state index in [1.807, 2.05) is 6.92 Å². The molecule has 1 aliphatic rings. The molecule has 1 rings (SSSR count). The van der Waals surface area contributed by atoms with Gasteiger partial charge in [-0.25, -0.2) is 0 Å². The van der Waals surface area contributed by atoms with Gasteiger partial charge in [0.1, 0.15) is 0 Å². The molecular weight excluding hydrogens is 166 g/mol. The Kier molecular flexibility index (Phi) is 4.16. The van der Waals surface area contributed by atoms with Crippen molar-refractivity contribution in [3.8, 4) is 0 Å². The smallest absolute Gasteiger partial charge is 0.0806 e. The highest BCUT2D eigenvalue weighted by Crippen LogP contribution is 2.20. The molecule has 3 nitrogen and oxygen atoms in total. The van der Waals surface area contributed by atoms with Crippen molar-refractivity contribution in [1.82, 2.24) is 5.32 Å². The topological polar surface area (TPSA) is 41.5 Å². The van der Waals surface area contributed by atoms with E-state index < -0.39 is 5.60 Å². The van der Waals surface area contributed by atoms with Crippen LogP contribution in [0, 0.1) is 0 Å². The lowest BCUT2D eigenvalue weighted by Gasteiger charge is -2.24. The van der Waals surface area contributed by atoms with Gasteiger partial charge in [0.25, 0.3) is 0 Å². The van der Waals surface area contributed by atoms with Crippen molar-refractivity contribution in [2.45, 2.75) is 44.8 Å². The maximum absolute atomic E-state index is 9.87. The Morgan fingerprint density at radius 1 is 1.62 bits per heavy atom. The predicted molar refractivity (Wildman–Crippen MR) is 52.8 cm³/mol. The van der Waals surface area contributed by atoms with Crippen molar-refractivity contribution in [3.63, 3.8) is 0 Å². The van der Waals surface area contributed by atoms with Crippen LogP contribution in [0.2, 0.25) is 0 Å². The standard InChI is InChI=1S/C10H21NO2/c1-3-4-7-13-8-9-10(2,12)5-6-11-9/h9,11-12H,3-8H2,1-2H3/t9?,10-/m0/s1. The molecule has 0 aromatic heterocycles. The molecule has 0 bridgehead atoms. The molecule has 0 amide bonds. The zero-order chi connectivity index (χ0) is 9.73. The third-order valence-electron chi connectivity index (χ3n) is 2.70. The Balaban J connectivity index is 2.14. The molecule has 0 aliphatic carbocycles. The first-order valence-electron chi connectivity index (χ1n) is 5.20. The van der Waals surface area contributed by atoms with Gasteiger partial charge in [0, 0.05) is 6.61 Å². The summed E-state index contributed by atoms with van der Waals surface area (Å²) in [5, 5.41) is 13.1. The van der Waals surface area contributed by atoms with Gasteiger partial charge in [0.05, 0.1) is 18.2 Å². The Hall–Kier alpha value is -0.120. The van der Waals surface area contributed by atoms with E-state index in [4.69, 9.17) is 4.74 Å². The van der Waals surface area contributed by atoms with Crippen LogP contribution in [-0.4, -0.2) is 36.5 Å². The van der Waals surface area contributed by atoms with Crippen LogP contribution in [0.1, 0.15) is 33.1 Å². The molecule has 1 unspecified atom stereocenters. The van der Waals surface area contributed by atoms with Crippen LogP contribution in [0.3, 0.4) is 0 Å². The number of aliphatic hydroxyl groups is 1. The van der Waals surface area contributed by atoms with Gasteiger partial charge in [-0.05, 0) is 26.3 Å². The van der Waals surface area contributed by atoms with E-state index in [9.17, 15) is 5.11 Å². The van der Waals surface area contributed by atoms with E-state index in [1.54, 1.807) is 0 Å². The molecule has 2 atom stereocenters. The maximum atomic E-state index is 9.87. The highest BCUT2D eigenvalue weighted by atomic mass is 16.5. The zero-order valence-electron chi connectivity index (χ0n) is 8.68. The van der Waals surface area contributed by atoms with Crippen LogP contribution in [-0.2, 0) is 4.74 Å². The fourth-order valence-corrected chi connectivity index (χ4v) is 1.58. The summed E-state index contributed by atoms with van der Waals surface area (Å²) in [6.07, 6.45) is 3.10. The third-order valence-corrected chi connectivity index (χ3v) is 2.70. The summed E-state index contributed by atoms with van der Waals surface area (Å²) in [6.45, 7) is 6.36. The molecule has 13 heavy (non-hydrogen) atoms. The Morgan fingerprint density at radius 3 is 2.92 bits per heavy atom. The van der Waals surface area contributed by atoms with E-state index in [0.717, 1.165) is 32.4 Å². The van der Waals surface area contributed by atoms with Crippen LogP contribution >= 0.6 is 0 Å². The number of hydrogen-bond donors (Lipinski definition) is 2. The maximum Gasteiger partial charge on any atom is 0.0806 e. The predicted octanol–water partition coefficient (Wildman–Crippen LogP) is 0.916. The molecule has 1 heterocycles. The molecule has 0 saturated carbocycles. The summed E-state index contributed by atoms with van der Waals surface area (Å²) in [5.41, 5.74) is -0.577. The van der Waals surface area contributed by atoms with Gasteiger partial charge < -0.3 is 15.2 Å². The molecule has 1 fully saturated rings. The van der Waals surface area contributed by atoms with Gasteiger partial charge in [-0.3, -0.25) is 0 Å². The monoisotopic (exact) mass is 187 g/mol. The fourth-order valence-electron chi connectivity index (χ4n) is 1.58. The van der Waals surface area contributed by atoms with Crippen molar-refractivity contribution >= 4 is 0 Å². The van der Waals surface area contributed by atoms with E-state index in [0.29, 0.717) is 6.61 Å². The first-order chi connectivity index (χ1) is 6.17. The van der Waals surface area contributed by atoms with Gasteiger partial charge in [-0.15, -0.1) is 0 Å². The second kappa shape index (κ2) is 4.94. The molecule has 1 aliphatic heterocycles. The van der Waals surface area contributed by atoms with Crippen LogP contribution < -0.4 is 5.32 Å². The largest absolute Gasteiger partial charge is 0.388 e. The minimum Gasteiger partial charge on any atom is -0.388 e. The Labute approximate surface area is 80.5 Å². The van der Waals surface area contributed by atoms with E-state index in [-0.39, 0.29) is 6.04 Å². The quantitative estimate of drug-likeness (QED) is 0.629. The van der Waals surface area contributed by atoms with Crippen molar-refractivity contribution in [2.24, 2.45) is 0 Å². The van der Waals surface area contributed by atoms with Gasteiger partial charge in [0.15, 0.2) is 0 Å². The summed E-state index contributed by atoms with van der Waals surface area (Å²) < 4.78 is 5.47. The van der Waals surface area contributed by atoms with Crippen molar-refractivity contribution < 1.29 is 9.84 Å². The van der Waals surface area contributed by atoms with E-state index >= 15 is 0 Å². The van der Waals surface area contributed by atoms with Gasteiger partial charge in [0.2, 0.25) is 0 Å². The molecule has 0 radical (unpaired) electrons. The minimum absolute atomic E-state index is 0.115. The first kappa shape index (κ1) is 11.0. The average Bonchev–Trinajstić information content (AvgIpc) is 2.40. The molecule has 2 N–H and O–H groups in total. The van der Waals surface area contributed by atoms with Crippen LogP contribution in [0.5, 0.6) is 0 Å². The molecule has 0 spiro atoms. The van der Waals surface area contributed by atoms with Crippen LogP contribution in [0.25, 0.3) is 0 Å². The summed E-state index contributed by atoms with van der Waals surface area (Å²) in [6, 6.07) is 0.115. The number of nitrogens with one attached hydrogen (secondary N) is 1. The number of unbranched alkanes of at least 4 members (excludes halogenated alkanes) is 1. The number of ether oxygens (including phenoxy) is 1. The lowest BCUT2D eigenvalue weighted by molar-refractivity contribution is 0.00500. The number of rotatable bonds is 5. The van der Waals surface area contributed by atoms with Crippen LogP contribution in [0.4, 0.5) is 0 Å².